The summed E-state index contributed by atoms with van der Waals surface area (Å²) in [5.74, 6) is 0.393. The lowest BCUT2D eigenvalue weighted by atomic mass is 10.2. The Labute approximate surface area is 172 Å². The largest absolute Gasteiger partial charge is 0.488 e. The Hall–Kier alpha value is -3.32. The monoisotopic (exact) mass is 407 g/mol. The number of hydrogen-bond acceptors (Lipinski definition) is 4. The molecule has 1 aliphatic rings. The summed E-state index contributed by atoms with van der Waals surface area (Å²) in [6.45, 7) is 0.472. The Morgan fingerprint density at radius 1 is 0.966 bits per heavy atom. The number of thiophene rings is 1. The molecule has 0 bridgehead atoms. The molecule has 2 aromatic carbocycles. The average Bonchev–Trinajstić information content (AvgIpc) is 3.37. The Balaban J connectivity index is 1.36. The summed E-state index contributed by atoms with van der Waals surface area (Å²) in [5, 5.41) is 10.5. The van der Waals surface area contributed by atoms with E-state index in [2.05, 4.69) is 16.0 Å². The second kappa shape index (κ2) is 8.79. The van der Waals surface area contributed by atoms with Crippen molar-refractivity contribution in [2.24, 2.45) is 0 Å². The smallest absolute Gasteiger partial charge is 0.319 e. The van der Waals surface area contributed by atoms with Gasteiger partial charge in [-0.2, -0.15) is 0 Å². The molecule has 0 radical (unpaired) electrons. The molecule has 3 amide bonds. The van der Waals surface area contributed by atoms with E-state index < -0.39 is 0 Å². The number of ether oxygens (including phenoxy) is 1. The highest BCUT2D eigenvalue weighted by Crippen LogP contribution is 2.21. The van der Waals surface area contributed by atoms with Gasteiger partial charge in [-0.1, -0.05) is 18.2 Å². The van der Waals surface area contributed by atoms with Crippen molar-refractivity contribution in [3.63, 3.8) is 0 Å². The maximum absolute atomic E-state index is 12.6. The predicted molar refractivity (Wildman–Crippen MR) is 115 cm³/mol. The molecule has 3 aromatic rings. The summed E-state index contributed by atoms with van der Waals surface area (Å²) in [6, 6.07) is 18.2. The molecule has 0 unspecified atom stereocenters. The molecule has 0 aliphatic heterocycles. The van der Waals surface area contributed by atoms with Gasteiger partial charge in [-0.15, -0.1) is 11.3 Å². The van der Waals surface area contributed by atoms with Gasteiger partial charge in [0, 0.05) is 27.9 Å². The van der Waals surface area contributed by atoms with Gasteiger partial charge in [-0.05, 0) is 60.7 Å². The number of nitrogens with one attached hydrogen (secondary N) is 3. The first-order valence-corrected chi connectivity index (χ1v) is 10.3. The lowest BCUT2D eigenvalue weighted by Gasteiger charge is -2.10. The van der Waals surface area contributed by atoms with Gasteiger partial charge in [0.25, 0.3) is 5.91 Å². The van der Waals surface area contributed by atoms with Gasteiger partial charge in [-0.3, -0.25) is 4.79 Å². The Morgan fingerprint density at radius 3 is 2.52 bits per heavy atom. The van der Waals surface area contributed by atoms with Gasteiger partial charge >= 0.3 is 6.03 Å². The first-order chi connectivity index (χ1) is 14.2. The van der Waals surface area contributed by atoms with E-state index in [0.717, 1.165) is 17.7 Å². The first kappa shape index (κ1) is 19.0. The van der Waals surface area contributed by atoms with E-state index in [1.807, 2.05) is 23.6 Å². The highest BCUT2D eigenvalue weighted by atomic mass is 32.1. The van der Waals surface area contributed by atoms with Crippen molar-refractivity contribution < 1.29 is 14.3 Å². The van der Waals surface area contributed by atoms with E-state index >= 15 is 0 Å². The number of carbonyl (C=O) groups excluding carboxylic acids is 2. The van der Waals surface area contributed by atoms with Crippen molar-refractivity contribution in [1.82, 2.24) is 5.32 Å². The fourth-order valence-electron chi connectivity index (χ4n) is 2.73. The first-order valence-electron chi connectivity index (χ1n) is 9.40. The zero-order chi connectivity index (χ0) is 20.1. The van der Waals surface area contributed by atoms with Crippen LogP contribution in [-0.2, 0) is 6.61 Å². The Morgan fingerprint density at radius 2 is 1.76 bits per heavy atom. The minimum absolute atomic E-state index is 0.230. The minimum Gasteiger partial charge on any atom is -0.488 e. The van der Waals surface area contributed by atoms with Crippen molar-refractivity contribution in [2.75, 3.05) is 10.6 Å². The van der Waals surface area contributed by atoms with Gasteiger partial charge in [0.2, 0.25) is 0 Å². The summed E-state index contributed by atoms with van der Waals surface area (Å²) < 4.78 is 5.77. The highest BCUT2D eigenvalue weighted by molar-refractivity contribution is 7.09. The van der Waals surface area contributed by atoms with Crippen LogP contribution in [0.2, 0.25) is 0 Å². The zero-order valence-electron chi connectivity index (χ0n) is 15.7. The molecule has 0 atom stereocenters. The predicted octanol–water partition coefficient (Wildman–Crippen LogP) is 4.86. The van der Waals surface area contributed by atoms with Gasteiger partial charge in [-0.25, -0.2) is 4.79 Å². The number of amides is 3. The van der Waals surface area contributed by atoms with Crippen molar-refractivity contribution in [1.29, 1.82) is 0 Å². The molecule has 6 nitrogen and oxygen atoms in total. The van der Waals surface area contributed by atoms with Crippen molar-refractivity contribution in [2.45, 2.75) is 25.5 Å². The fraction of sp³-hybridized carbons (Fsp3) is 0.182. The summed E-state index contributed by atoms with van der Waals surface area (Å²) >= 11 is 1.63. The molecule has 1 saturated carbocycles. The van der Waals surface area contributed by atoms with Gasteiger partial charge in [0.1, 0.15) is 12.4 Å². The Kier molecular flexibility index (Phi) is 5.76. The molecule has 7 heteroatoms. The van der Waals surface area contributed by atoms with Crippen LogP contribution in [0, 0.1) is 0 Å². The molecular formula is C22H21N3O3S. The maximum atomic E-state index is 12.6. The number of urea groups is 1. The second-order valence-electron chi connectivity index (χ2n) is 6.80. The molecule has 1 fully saturated rings. The van der Waals surface area contributed by atoms with Crippen LogP contribution in [-0.4, -0.2) is 18.0 Å². The van der Waals surface area contributed by atoms with Crippen molar-refractivity contribution in [3.05, 3.63) is 76.5 Å². The third-order valence-electron chi connectivity index (χ3n) is 4.35. The fourth-order valence-corrected chi connectivity index (χ4v) is 3.35. The van der Waals surface area contributed by atoms with Crippen LogP contribution in [0.3, 0.4) is 0 Å². The number of rotatable bonds is 7. The van der Waals surface area contributed by atoms with Crippen LogP contribution in [0.1, 0.15) is 28.1 Å². The molecule has 1 heterocycles. The quantitative estimate of drug-likeness (QED) is 0.523. The molecule has 4 rings (SSSR count). The SMILES string of the molecule is O=C(Nc1cccc(NC(=O)c2cccc(OCc3cccs3)c2)c1)NC1CC1. The Bertz CT molecular complexity index is 1000. The third-order valence-corrected chi connectivity index (χ3v) is 5.20. The van der Waals surface area contributed by atoms with Crippen LogP contribution >= 0.6 is 11.3 Å². The average molecular weight is 407 g/mol. The van der Waals surface area contributed by atoms with Crippen LogP contribution in [0.4, 0.5) is 16.2 Å². The van der Waals surface area contributed by atoms with Gasteiger partial charge < -0.3 is 20.7 Å². The van der Waals surface area contributed by atoms with Crippen molar-refractivity contribution in [3.8, 4) is 5.75 Å². The summed E-state index contributed by atoms with van der Waals surface area (Å²) in [5.41, 5.74) is 1.72. The lowest BCUT2D eigenvalue weighted by molar-refractivity contribution is 0.102. The van der Waals surface area contributed by atoms with Crippen LogP contribution in [0.15, 0.2) is 66.0 Å². The second-order valence-corrected chi connectivity index (χ2v) is 7.84. The van der Waals surface area contributed by atoms with E-state index in [1.54, 1.807) is 53.8 Å². The maximum Gasteiger partial charge on any atom is 0.319 e. The zero-order valence-corrected chi connectivity index (χ0v) is 16.5. The number of anilines is 2. The van der Waals surface area contributed by atoms with Crippen LogP contribution in [0.5, 0.6) is 5.75 Å². The number of carbonyl (C=O) groups is 2. The minimum atomic E-state index is -0.244. The normalized spacial score (nSPS) is 12.8. The van der Waals surface area contributed by atoms with E-state index in [4.69, 9.17) is 4.74 Å². The van der Waals surface area contributed by atoms with Crippen molar-refractivity contribution >= 4 is 34.6 Å². The highest BCUT2D eigenvalue weighted by Gasteiger charge is 2.23. The summed E-state index contributed by atoms with van der Waals surface area (Å²) in [6.07, 6.45) is 2.05. The van der Waals surface area contributed by atoms with Gasteiger partial charge in [0.05, 0.1) is 0 Å². The molecule has 29 heavy (non-hydrogen) atoms. The molecule has 1 aliphatic carbocycles. The summed E-state index contributed by atoms with van der Waals surface area (Å²) in [4.78, 5) is 25.6. The topological polar surface area (TPSA) is 79.5 Å². The van der Waals surface area contributed by atoms with E-state index in [1.165, 1.54) is 0 Å². The van der Waals surface area contributed by atoms with E-state index in [9.17, 15) is 9.59 Å². The van der Waals surface area contributed by atoms with E-state index in [-0.39, 0.29) is 18.0 Å². The molecule has 3 N–H and O–H groups in total. The number of benzene rings is 2. The molecule has 1 aromatic heterocycles. The molecule has 0 saturated heterocycles. The number of hydrogen-bond donors (Lipinski definition) is 3. The molecule has 0 spiro atoms. The van der Waals surface area contributed by atoms with Crippen LogP contribution in [0.25, 0.3) is 0 Å². The third kappa shape index (κ3) is 5.58. The standard InChI is InChI=1S/C22H21N3O3S/c26-21(15-4-1-7-19(12-15)28-14-20-8-3-11-29-20)23-17-5-2-6-18(13-17)25-22(27)24-16-9-10-16/h1-8,11-13,16H,9-10,14H2,(H,23,26)(H2,24,25,27). The van der Waals surface area contributed by atoms with E-state index in [0.29, 0.717) is 29.3 Å². The molecule has 148 valence electrons. The summed E-state index contributed by atoms with van der Waals surface area (Å²) in [7, 11) is 0. The lowest BCUT2D eigenvalue weighted by Crippen LogP contribution is -2.30. The van der Waals surface area contributed by atoms with Gasteiger partial charge in [0.15, 0.2) is 0 Å². The molecular weight excluding hydrogens is 386 g/mol. The van der Waals surface area contributed by atoms with Crippen LogP contribution < -0.4 is 20.7 Å².